The van der Waals surface area contributed by atoms with Crippen LogP contribution in [0.25, 0.3) is 53.8 Å². The number of pyridine rings is 2. The molecule has 0 spiro atoms. The van der Waals surface area contributed by atoms with E-state index in [1.807, 2.05) is 66.7 Å². The van der Waals surface area contributed by atoms with Crippen LogP contribution in [0.4, 0.5) is 0 Å². The molecule has 0 unspecified atom stereocenters. The van der Waals surface area contributed by atoms with E-state index in [1.165, 1.54) is 9.96 Å². The summed E-state index contributed by atoms with van der Waals surface area (Å²) in [4.78, 5) is 9.04. The van der Waals surface area contributed by atoms with Crippen LogP contribution in [-0.4, -0.2) is 23.2 Å². The topological polar surface area (TPSA) is 25.8 Å². The van der Waals surface area contributed by atoms with Crippen LogP contribution in [-0.2, 0) is 20.1 Å². The van der Waals surface area contributed by atoms with Gasteiger partial charge in [0.1, 0.15) is 0 Å². The van der Waals surface area contributed by atoms with Gasteiger partial charge >= 0.3 is 106 Å². The number of nitrogens with zero attached hydrogens (tertiary/aromatic N) is 2. The van der Waals surface area contributed by atoms with Gasteiger partial charge in [0.2, 0.25) is 0 Å². The standard InChI is InChI=1S/C23H14NS.C15H18GeN.Ir/c1-2-7-16(8-3-1)17-12-13-18-19-9-6-10-20(21-11-4-5-14-24-21)23(19)25-22(18)15-17;1-12-10-15(13-8-6-5-7-9-13)17-11-14(12)16(2,3)4;/h1-9,11-15H;5-8,10-11H,1-4H3;/q2*-1;/i1D,2D,3D,7D,8D;;. The van der Waals surface area contributed by atoms with Crippen molar-refractivity contribution in [2.24, 2.45) is 0 Å². The van der Waals surface area contributed by atoms with Crippen molar-refractivity contribution in [3.05, 3.63) is 139 Å². The second kappa shape index (κ2) is 13.5. The van der Waals surface area contributed by atoms with Crippen molar-refractivity contribution >= 4 is 49.2 Å². The van der Waals surface area contributed by atoms with Crippen LogP contribution in [0.5, 0.6) is 0 Å². The van der Waals surface area contributed by atoms with Gasteiger partial charge in [0.25, 0.3) is 0 Å². The van der Waals surface area contributed by atoms with E-state index in [0.717, 1.165) is 42.7 Å². The van der Waals surface area contributed by atoms with Crippen molar-refractivity contribution in [2.75, 3.05) is 0 Å². The fourth-order valence-corrected chi connectivity index (χ4v) is 9.86. The molecule has 3 aromatic heterocycles. The Morgan fingerprint density at radius 1 is 0.767 bits per heavy atom. The van der Waals surface area contributed by atoms with Crippen molar-refractivity contribution in [3.8, 4) is 33.6 Å². The third-order valence-electron chi connectivity index (χ3n) is 7.05. The zero-order valence-corrected chi connectivity index (χ0v) is 29.6. The Morgan fingerprint density at radius 3 is 2.28 bits per heavy atom. The van der Waals surface area contributed by atoms with Crippen LogP contribution in [0.15, 0.2) is 121 Å². The average molecular weight is 819 g/mol. The minimum Gasteiger partial charge on any atom is -0.305 e. The molecule has 3 heterocycles. The van der Waals surface area contributed by atoms with Gasteiger partial charge in [0.15, 0.2) is 0 Å². The quantitative estimate of drug-likeness (QED) is 0.131. The minimum atomic E-state index is -1.77. The van der Waals surface area contributed by atoms with Gasteiger partial charge in [-0.2, -0.15) is 11.3 Å². The van der Waals surface area contributed by atoms with Gasteiger partial charge in [-0.1, -0.05) is 59.9 Å². The monoisotopic (exact) mass is 820 g/mol. The second-order valence-electron chi connectivity index (χ2n) is 11.0. The molecular formula is C38H32GeIrN2S-2. The normalized spacial score (nSPS) is 12.7. The summed E-state index contributed by atoms with van der Waals surface area (Å²) >= 11 is -0.182. The van der Waals surface area contributed by atoms with Crippen LogP contribution in [0.3, 0.4) is 0 Å². The number of rotatable bonds is 4. The first kappa shape index (κ1) is 25.0. The third kappa shape index (κ3) is 6.89. The molecule has 7 rings (SSSR count). The Bertz CT molecular complexity index is 2230. The summed E-state index contributed by atoms with van der Waals surface area (Å²) in [5.74, 6) is 7.20. The molecule has 0 N–H and O–H groups in total. The maximum Gasteiger partial charge on any atom is 0.0629 e. The maximum absolute atomic E-state index is 8.25. The van der Waals surface area contributed by atoms with E-state index in [9.17, 15) is 0 Å². The average Bonchev–Trinajstić information content (AvgIpc) is 3.45. The molecule has 0 bridgehead atoms. The van der Waals surface area contributed by atoms with E-state index in [2.05, 4.69) is 64.6 Å². The molecule has 0 atom stereocenters. The molecular weight excluding hydrogens is 781 g/mol. The SMILES string of the molecule is Cc1cc(-c2[c-]cccc2)nc[c]1[Ge]([CH3])([CH3])[CH3].[2H]c1c([2H])c([2H])c(-c2ccc3c(c2)sc2c(-c4ccccn4)[c-]ccc23)c([2H])c1[2H].[Ir]. The van der Waals surface area contributed by atoms with Gasteiger partial charge in [-0.25, -0.2) is 0 Å². The Balaban J connectivity index is 0.000000214. The van der Waals surface area contributed by atoms with E-state index in [0.29, 0.717) is 5.56 Å². The van der Waals surface area contributed by atoms with E-state index < -0.39 is 13.3 Å². The molecule has 0 aliphatic carbocycles. The largest absolute Gasteiger partial charge is 0.305 e. The van der Waals surface area contributed by atoms with Crippen molar-refractivity contribution < 1.29 is 27.0 Å². The summed E-state index contributed by atoms with van der Waals surface area (Å²) in [6, 6.07) is 30.6. The van der Waals surface area contributed by atoms with Gasteiger partial charge in [-0.3, -0.25) is 0 Å². The summed E-state index contributed by atoms with van der Waals surface area (Å²) in [6.45, 7) is 2.19. The molecule has 2 nitrogen and oxygen atoms in total. The van der Waals surface area contributed by atoms with Gasteiger partial charge in [0, 0.05) is 31.0 Å². The first-order valence-electron chi connectivity index (χ1n) is 16.3. The van der Waals surface area contributed by atoms with Crippen LogP contribution in [0, 0.1) is 19.1 Å². The molecule has 0 aliphatic rings. The molecule has 1 radical (unpaired) electrons. The Hall–Kier alpha value is -3.41. The zero-order chi connectivity index (χ0) is 33.5. The van der Waals surface area contributed by atoms with Crippen LogP contribution in [0.1, 0.15) is 12.4 Å². The molecule has 43 heavy (non-hydrogen) atoms. The zero-order valence-electron chi connectivity index (χ0n) is 29.3. The first-order valence-corrected chi connectivity index (χ1v) is 21.9. The molecule has 0 saturated heterocycles. The third-order valence-corrected chi connectivity index (χ3v) is 12.7. The second-order valence-corrected chi connectivity index (χ2v) is 22.7. The molecule has 4 aromatic carbocycles. The van der Waals surface area contributed by atoms with Crippen molar-refractivity contribution in [3.63, 3.8) is 0 Å². The number of hydrogen-bond donors (Lipinski definition) is 0. The fourth-order valence-electron chi connectivity index (χ4n) is 5.03. The molecule has 0 fully saturated rings. The molecule has 0 saturated carbocycles. The fraction of sp³-hybridized carbons (Fsp3) is 0.105. The molecule has 215 valence electrons. The number of benzene rings is 4. The summed E-state index contributed by atoms with van der Waals surface area (Å²) < 4.78 is 43.7. The van der Waals surface area contributed by atoms with Crippen LogP contribution < -0.4 is 4.40 Å². The van der Waals surface area contributed by atoms with Gasteiger partial charge in [0.05, 0.1) is 6.85 Å². The number of thiophene rings is 1. The van der Waals surface area contributed by atoms with Gasteiger partial charge < -0.3 is 4.98 Å². The number of aryl methyl sites for hydroxylation is 1. The number of hydrogen-bond acceptors (Lipinski definition) is 3. The Labute approximate surface area is 281 Å². The van der Waals surface area contributed by atoms with E-state index in [1.54, 1.807) is 17.5 Å². The predicted octanol–water partition coefficient (Wildman–Crippen LogP) is 9.98. The molecule has 0 aliphatic heterocycles. The summed E-state index contributed by atoms with van der Waals surface area (Å²) in [5.41, 5.74) is 6.08. The van der Waals surface area contributed by atoms with E-state index in [-0.39, 0.29) is 55.9 Å². The molecule has 5 heteroatoms. The summed E-state index contributed by atoms with van der Waals surface area (Å²) in [6.07, 6.45) is 3.83. The number of fused-ring (bicyclic) bond motifs is 3. The summed E-state index contributed by atoms with van der Waals surface area (Å²) in [5, 5.41) is 2.14. The van der Waals surface area contributed by atoms with Gasteiger partial charge in [-0.05, 0) is 39.0 Å². The van der Waals surface area contributed by atoms with Crippen molar-refractivity contribution in [1.82, 2.24) is 9.97 Å². The van der Waals surface area contributed by atoms with Crippen molar-refractivity contribution in [1.29, 1.82) is 0 Å². The smallest absolute Gasteiger partial charge is 0.0629 e. The Morgan fingerprint density at radius 2 is 1.58 bits per heavy atom. The molecule has 7 aromatic rings. The molecule has 0 amide bonds. The van der Waals surface area contributed by atoms with E-state index in [4.69, 9.17) is 6.85 Å². The maximum atomic E-state index is 8.25. The summed E-state index contributed by atoms with van der Waals surface area (Å²) in [7, 11) is 0. The first-order chi connectivity index (χ1) is 22.5. The predicted molar refractivity (Wildman–Crippen MR) is 183 cm³/mol. The Kier molecular flexibility index (Phi) is 7.83. The number of aromatic nitrogens is 2. The van der Waals surface area contributed by atoms with Crippen LogP contribution in [0.2, 0.25) is 17.3 Å². The van der Waals surface area contributed by atoms with Crippen molar-refractivity contribution in [2.45, 2.75) is 24.2 Å². The minimum absolute atomic E-state index is 0. The van der Waals surface area contributed by atoms with Gasteiger partial charge in [-0.15, -0.1) is 23.8 Å². The van der Waals surface area contributed by atoms with Crippen LogP contribution >= 0.6 is 11.3 Å². The van der Waals surface area contributed by atoms with E-state index >= 15 is 0 Å².